The number of rotatable bonds is 8. The molecule has 0 amide bonds. The molecule has 0 spiro atoms. The summed E-state index contributed by atoms with van der Waals surface area (Å²) in [5, 5.41) is 13.8. The Morgan fingerprint density at radius 3 is 2.40 bits per heavy atom. The largest absolute Gasteiger partial charge is 0.489 e. The van der Waals surface area contributed by atoms with Crippen molar-refractivity contribution in [2.75, 3.05) is 5.32 Å². The zero-order chi connectivity index (χ0) is 24.2. The van der Waals surface area contributed by atoms with E-state index in [1.165, 1.54) is 0 Å². The van der Waals surface area contributed by atoms with E-state index < -0.39 is 6.23 Å². The number of ether oxygens (including phenoxy) is 1. The van der Waals surface area contributed by atoms with E-state index in [2.05, 4.69) is 15.3 Å². The van der Waals surface area contributed by atoms with Crippen LogP contribution in [0.15, 0.2) is 72.0 Å². The lowest BCUT2D eigenvalue weighted by Gasteiger charge is -2.32. The van der Waals surface area contributed by atoms with Crippen molar-refractivity contribution in [2.45, 2.75) is 45.1 Å². The number of anilines is 1. The second-order valence-corrected chi connectivity index (χ2v) is 9.35. The maximum absolute atomic E-state index is 13.1. The Morgan fingerprint density at radius 2 is 1.69 bits per heavy atom. The zero-order valence-corrected chi connectivity index (χ0v) is 19.9. The van der Waals surface area contributed by atoms with Crippen LogP contribution < -0.4 is 15.7 Å². The molecule has 182 valence electrons. The topological polar surface area (TPSA) is 94.2 Å². The number of hydrogen-bond donors (Lipinski definition) is 2. The van der Waals surface area contributed by atoms with Gasteiger partial charge in [0.15, 0.2) is 0 Å². The molecule has 0 aliphatic heterocycles. The van der Waals surface area contributed by atoms with Crippen molar-refractivity contribution in [1.82, 2.24) is 19.1 Å². The zero-order valence-electron chi connectivity index (χ0n) is 19.9. The fourth-order valence-electron chi connectivity index (χ4n) is 4.98. The molecule has 1 saturated carbocycles. The minimum Gasteiger partial charge on any atom is -0.489 e. The summed E-state index contributed by atoms with van der Waals surface area (Å²) in [4.78, 5) is 21.1. The average molecular weight is 474 g/mol. The third-order valence-corrected chi connectivity index (χ3v) is 7.05. The Labute approximate surface area is 204 Å². The van der Waals surface area contributed by atoms with Gasteiger partial charge in [-0.25, -0.2) is 4.79 Å². The number of nitrogens with zero attached hydrogens (tertiary/aromatic N) is 4. The van der Waals surface area contributed by atoms with E-state index in [1.807, 2.05) is 54.1 Å². The number of nitrogens with one attached hydrogen (secondary N) is 1. The molecule has 4 aromatic rings. The monoisotopic (exact) mass is 473 g/mol. The summed E-state index contributed by atoms with van der Waals surface area (Å²) in [5.41, 5.74) is 3.71. The van der Waals surface area contributed by atoms with Gasteiger partial charge >= 0.3 is 5.69 Å². The molecule has 1 aliphatic rings. The van der Waals surface area contributed by atoms with Crippen LogP contribution in [0.1, 0.15) is 31.2 Å². The summed E-state index contributed by atoms with van der Waals surface area (Å²) in [6, 6.07) is 13.4. The van der Waals surface area contributed by atoms with Gasteiger partial charge in [0.2, 0.25) is 0 Å². The van der Waals surface area contributed by atoms with Gasteiger partial charge < -0.3 is 15.2 Å². The number of imidazole rings is 1. The van der Waals surface area contributed by atoms with Crippen molar-refractivity contribution >= 4 is 16.7 Å². The molecule has 0 bridgehead atoms. The van der Waals surface area contributed by atoms with Crippen molar-refractivity contribution in [3.63, 3.8) is 0 Å². The average Bonchev–Trinajstić information content (AvgIpc) is 3.13. The number of hydrogen-bond acceptors (Lipinski definition) is 6. The molecular weight excluding hydrogens is 442 g/mol. The van der Waals surface area contributed by atoms with Gasteiger partial charge in [-0.1, -0.05) is 0 Å². The second kappa shape index (κ2) is 10.3. The summed E-state index contributed by atoms with van der Waals surface area (Å²) in [7, 11) is 1.82. The van der Waals surface area contributed by atoms with Crippen molar-refractivity contribution in [2.24, 2.45) is 18.9 Å². The first-order valence-electron chi connectivity index (χ1n) is 12.1. The van der Waals surface area contributed by atoms with E-state index in [1.54, 1.807) is 29.4 Å². The molecule has 0 saturated heterocycles. The number of aryl methyl sites for hydroxylation is 1. The van der Waals surface area contributed by atoms with Crippen molar-refractivity contribution in [3.05, 3.63) is 83.3 Å². The molecule has 35 heavy (non-hydrogen) atoms. The van der Waals surface area contributed by atoms with Gasteiger partial charge in [-0.2, -0.15) is 0 Å². The van der Waals surface area contributed by atoms with E-state index in [-0.39, 0.29) is 11.6 Å². The lowest BCUT2D eigenvalue weighted by molar-refractivity contribution is 0.0926. The fraction of sp³-hybridized carbons (Fsp3) is 0.370. The highest BCUT2D eigenvalue weighted by Gasteiger charge is 2.27. The fourth-order valence-corrected chi connectivity index (χ4v) is 4.98. The van der Waals surface area contributed by atoms with Crippen molar-refractivity contribution < 1.29 is 9.84 Å². The maximum atomic E-state index is 13.1. The molecule has 1 unspecified atom stereocenters. The first-order chi connectivity index (χ1) is 17.1. The summed E-state index contributed by atoms with van der Waals surface area (Å²) < 4.78 is 9.58. The van der Waals surface area contributed by atoms with Gasteiger partial charge in [-0.15, -0.1) is 0 Å². The molecule has 0 radical (unpaired) electrons. The Hall–Kier alpha value is -3.65. The van der Waals surface area contributed by atoms with E-state index >= 15 is 0 Å². The SMILES string of the molecule is Cn1c(=O)n(CC2CCC(C(O)Nc3ccncc3)CC2)c2cc(OCc3ccncc3)ccc21. The van der Waals surface area contributed by atoms with Crippen molar-refractivity contribution in [3.8, 4) is 5.75 Å². The standard InChI is InChI=1S/C27H31N5O3/c1-31-24-7-6-23(35-18-20-8-12-28-13-9-20)16-25(24)32(27(31)34)17-19-2-4-21(5-3-19)26(33)30-22-10-14-29-15-11-22/h6-16,19,21,26,33H,2-5,17-18H2,1H3,(H,29,30). The van der Waals surface area contributed by atoms with Crippen LogP contribution >= 0.6 is 0 Å². The van der Waals surface area contributed by atoms with Gasteiger partial charge in [-0.3, -0.25) is 19.1 Å². The first-order valence-corrected chi connectivity index (χ1v) is 12.1. The summed E-state index contributed by atoms with van der Waals surface area (Å²) in [5.74, 6) is 1.32. The lowest BCUT2D eigenvalue weighted by Crippen LogP contribution is -2.33. The smallest absolute Gasteiger partial charge is 0.328 e. The van der Waals surface area contributed by atoms with Gasteiger partial charge in [-0.05, 0) is 73.6 Å². The van der Waals surface area contributed by atoms with Crippen LogP contribution in [0.4, 0.5) is 5.69 Å². The number of aromatic nitrogens is 4. The maximum Gasteiger partial charge on any atom is 0.328 e. The van der Waals surface area contributed by atoms with Crippen LogP contribution in [0, 0.1) is 11.8 Å². The number of pyridine rings is 2. The molecule has 5 rings (SSSR count). The number of aliphatic hydroxyl groups excluding tert-OH is 1. The first kappa shape index (κ1) is 23.1. The highest BCUT2D eigenvalue weighted by atomic mass is 16.5. The Morgan fingerprint density at radius 1 is 1.00 bits per heavy atom. The molecule has 8 nitrogen and oxygen atoms in total. The highest BCUT2D eigenvalue weighted by Crippen LogP contribution is 2.33. The Balaban J connectivity index is 1.25. The van der Waals surface area contributed by atoms with Crippen LogP contribution in [0.2, 0.25) is 0 Å². The molecule has 1 fully saturated rings. The van der Waals surface area contributed by atoms with Gasteiger partial charge in [0.05, 0.1) is 11.0 Å². The van der Waals surface area contributed by atoms with Crippen LogP contribution in [0.25, 0.3) is 11.0 Å². The molecule has 3 heterocycles. The van der Waals surface area contributed by atoms with E-state index in [9.17, 15) is 9.90 Å². The summed E-state index contributed by atoms with van der Waals surface area (Å²) in [6.45, 7) is 1.12. The minimum absolute atomic E-state index is 0.00667. The molecule has 8 heteroatoms. The number of aliphatic hydroxyl groups is 1. The molecule has 2 N–H and O–H groups in total. The molecular formula is C27H31N5O3. The van der Waals surface area contributed by atoms with Gasteiger partial charge in [0.1, 0.15) is 18.6 Å². The normalized spacial score (nSPS) is 18.9. The van der Waals surface area contributed by atoms with Crippen LogP contribution in [-0.4, -0.2) is 30.4 Å². The molecule has 3 aromatic heterocycles. The third kappa shape index (κ3) is 5.22. The quantitative estimate of drug-likeness (QED) is 0.377. The van der Waals surface area contributed by atoms with E-state index in [0.717, 1.165) is 53.7 Å². The third-order valence-electron chi connectivity index (χ3n) is 7.05. The predicted molar refractivity (Wildman–Crippen MR) is 135 cm³/mol. The van der Waals surface area contributed by atoms with E-state index in [0.29, 0.717) is 19.1 Å². The Kier molecular flexibility index (Phi) is 6.81. The highest BCUT2D eigenvalue weighted by molar-refractivity contribution is 5.77. The Bertz CT molecular complexity index is 1310. The van der Waals surface area contributed by atoms with Crippen LogP contribution in [0.5, 0.6) is 5.75 Å². The lowest BCUT2D eigenvalue weighted by atomic mass is 9.81. The summed E-state index contributed by atoms with van der Waals surface area (Å²) >= 11 is 0. The molecule has 1 aliphatic carbocycles. The predicted octanol–water partition coefficient (Wildman–Crippen LogP) is 3.95. The minimum atomic E-state index is -0.585. The van der Waals surface area contributed by atoms with Crippen LogP contribution in [-0.2, 0) is 20.2 Å². The summed E-state index contributed by atoms with van der Waals surface area (Å²) in [6.07, 6.45) is 10.1. The van der Waals surface area contributed by atoms with Gasteiger partial charge in [0.25, 0.3) is 0 Å². The number of fused-ring (bicyclic) bond motifs is 1. The second-order valence-electron chi connectivity index (χ2n) is 9.35. The molecule has 1 atom stereocenters. The number of benzene rings is 1. The van der Waals surface area contributed by atoms with E-state index in [4.69, 9.17) is 4.74 Å². The van der Waals surface area contributed by atoms with Crippen molar-refractivity contribution in [1.29, 1.82) is 0 Å². The molecule has 1 aromatic carbocycles. The van der Waals surface area contributed by atoms with Crippen LogP contribution in [0.3, 0.4) is 0 Å². The van der Waals surface area contributed by atoms with Gasteiger partial charge in [0, 0.05) is 56.1 Å².